The molecule has 0 bridgehead atoms. The lowest BCUT2D eigenvalue weighted by Gasteiger charge is -2.37. The summed E-state index contributed by atoms with van der Waals surface area (Å²) < 4.78 is 0. The summed E-state index contributed by atoms with van der Waals surface area (Å²) in [6.45, 7) is 9.45. The Morgan fingerprint density at radius 3 is 2.06 bits per heavy atom. The number of nitrogens with zero attached hydrogens (tertiary/aromatic N) is 1. The lowest BCUT2D eigenvalue weighted by molar-refractivity contribution is 0.159. The number of likely N-dealkylation sites (N-methyl/N-ethyl adjacent to an activating group) is 1. The van der Waals surface area contributed by atoms with E-state index in [4.69, 9.17) is 0 Å². The summed E-state index contributed by atoms with van der Waals surface area (Å²) in [5, 5.41) is 3.68. The highest BCUT2D eigenvalue weighted by molar-refractivity contribution is 4.83. The van der Waals surface area contributed by atoms with Gasteiger partial charge in [-0.05, 0) is 51.1 Å². The molecule has 1 rings (SSSR count). The SMILES string of the molecule is CN(C)CCNC1CCC(C(C)(C)C)CC1. The predicted molar refractivity (Wildman–Crippen MR) is 71.8 cm³/mol. The maximum atomic E-state index is 3.68. The standard InChI is InChI=1S/C14H30N2/c1-14(2,3)12-6-8-13(9-7-12)15-10-11-16(4)5/h12-13,15H,6-11H2,1-5H3. The topological polar surface area (TPSA) is 15.3 Å². The number of nitrogens with one attached hydrogen (secondary N) is 1. The van der Waals surface area contributed by atoms with Gasteiger partial charge < -0.3 is 10.2 Å². The molecule has 0 aliphatic heterocycles. The molecule has 1 aliphatic carbocycles. The fourth-order valence-electron chi connectivity index (χ4n) is 2.66. The molecule has 0 saturated heterocycles. The van der Waals surface area contributed by atoms with E-state index in [2.05, 4.69) is 45.1 Å². The number of rotatable bonds is 4. The molecule has 1 aliphatic rings. The lowest BCUT2D eigenvalue weighted by atomic mass is 9.71. The summed E-state index contributed by atoms with van der Waals surface area (Å²) >= 11 is 0. The average Bonchev–Trinajstić information content (AvgIpc) is 2.16. The van der Waals surface area contributed by atoms with Gasteiger partial charge in [0.05, 0.1) is 0 Å². The molecule has 0 unspecified atom stereocenters. The van der Waals surface area contributed by atoms with Crippen LogP contribution in [0.15, 0.2) is 0 Å². The Bertz CT molecular complexity index is 185. The fourth-order valence-corrected chi connectivity index (χ4v) is 2.66. The maximum absolute atomic E-state index is 3.68. The zero-order valence-corrected chi connectivity index (χ0v) is 11.8. The summed E-state index contributed by atoms with van der Waals surface area (Å²) in [6, 6.07) is 0.776. The molecule has 1 N–H and O–H groups in total. The molecule has 16 heavy (non-hydrogen) atoms. The Morgan fingerprint density at radius 1 is 1.06 bits per heavy atom. The Balaban J connectivity index is 2.17. The summed E-state index contributed by atoms with van der Waals surface area (Å²) in [4.78, 5) is 2.24. The van der Waals surface area contributed by atoms with Crippen LogP contribution in [0.1, 0.15) is 46.5 Å². The van der Waals surface area contributed by atoms with Crippen molar-refractivity contribution in [2.45, 2.75) is 52.5 Å². The minimum atomic E-state index is 0.509. The minimum absolute atomic E-state index is 0.509. The molecule has 1 saturated carbocycles. The van der Waals surface area contributed by atoms with E-state index in [1.807, 2.05) is 0 Å². The zero-order valence-electron chi connectivity index (χ0n) is 11.8. The first-order valence-corrected chi connectivity index (χ1v) is 6.77. The smallest absolute Gasteiger partial charge is 0.0101 e. The van der Waals surface area contributed by atoms with Crippen molar-refractivity contribution >= 4 is 0 Å². The van der Waals surface area contributed by atoms with Crippen LogP contribution in [0.5, 0.6) is 0 Å². The van der Waals surface area contributed by atoms with Crippen LogP contribution >= 0.6 is 0 Å². The van der Waals surface area contributed by atoms with Crippen molar-refractivity contribution in [1.82, 2.24) is 10.2 Å². The highest BCUT2D eigenvalue weighted by Crippen LogP contribution is 2.37. The Labute approximate surface area is 102 Å². The summed E-state index contributed by atoms with van der Waals surface area (Å²) in [7, 11) is 4.27. The summed E-state index contributed by atoms with van der Waals surface area (Å²) in [5.41, 5.74) is 0.509. The number of hydrogen-bond donors (Lipinski definition) is 1. The van der Waals surface area contributed by atoms with Gasteiger partial charge in [0.15, 0.2) is 0 Å². The first-order valence-electron chi connectivity index (χ1n) is 6.77. The fraction of sp³-hybridized carbons (Fsp3) is 1.00. The highest BCUT2D eigenvalue weighted by Gasteiger charge is 2.29. The van der Waals surface area contributed by atoms with Gasteiger partial charge in [0.1, 0.15) is 0 Å². The normalized spacial score (nSPS) is 27.4. The van der Waals surface area contributed by atoms with Gasteiger partial charge in [-0.15, -0.1) is 0 Å². The minimum Gasteiger partial charge on any atom is -0.313 e. The molecular formula is C14H30N2. The number of hydrogen-bond acceptors (Lipinski definition) is 2. The Hall–Kier alpha value is -0.0800. The maximum Gasteiger partial charge on any atom is 0.0101 e. The van der Waals surface area contributed by atoms with Gasteiger partial charge >= 0.3 is 0 Å². The van der Waals surface area contributed by atoms with Crippen LogP contribution < -0.4 is 5.32 Å². The predicted octanol–water partition coefficient (Wildman–Crippen LogP) is 2.74. The molecule has 2 nitrogen and oxygen atoms in total. The first kappa shape index (κ1) is 14.0. The van der Waals surface area contributed by atoms with Crippen molar-refractivity contribution < 1.29 is 0 Å². The second kappa shape index (κ2) is 6.02. The molecule has 0 amide bonds. The van der Waals surface area contributed by atoms with Crippen LogP contribution in [0, 0.1) is 11.3 Å². The lowest BCUT2D eigenvalue weighted by Crippen LogP contribution is -2.39. The van der Waals surface area contributed by atoms with Crippen molar-refractivity contribution in [2.24, 2.45) is 11.3 Å². The molecular weight excluding hydrogens is 196 g/mol. The van der Waals surface area contributed by atoms with Crippen molar-refractivity contribution in [2.75, 3.05) is 27.2 Å². The van der Waals surface area contributed by atoms with Gasteiger partial charge in [-0.25, -0.2) is 0 Å². The summed E-state index contributed by atoms with van der Waals surface area (Å²) in [6.07, 6.45) is 5.55. The van der Waals surface area contributed by atoms with E-state index >= 15 is 0 Å². The van der Waals surface area contributed by atoms with E-state index in [0.29, 0.717) is 5.41 Å². The summed E-state index contributed by atoms with van der Waals surface area (Å²) in [5.74, 6) is 0.930. The third-order valence-electron chi connectivity index (χ3n) is 3.94. The third-order valence-corrected chi connectivity index (χ3v) is 3.94. The van der Waals surface area contributed by atoms with Gasteiger partial charge in [0, 0.05) is 19.1 Å². The largest absolute Gasteiger partial charge is 0.313 e. The van der Waals surface area contributed by atoms with Gasteiger partial charge in [-0.3, -0.25) is 0 Å². The van der Waals surface area contributed by atoms with E-state index in [0.717, 1.165) is 25.0 Å². The van der Waals surface area contributed by atoms with E-state index in [1.54, 1.807) is 0 Å². The Morgan fingerprint density at radius 2 is 1.62 bits per heavy atom. The van der Waals surface area contributed by atoms with E-state index in [9.17, 15) is 0 Å². The van der Waals surface area contributed by atoms with Crippen LogP contribution in [0.4, 0.5) is 0 Å². The van der Waals surface area contributed by atoms with Crippen LogP contribution in [0.25, 0.3) is 0 Å². The molecule has 0 heterocycles. The van der Waals surface area contributed by atoms with E-state index in [-0.39, 0.29) is 0 Å². The van der Waals surface area contributed by atoms with E-state index in [1.165, 1.54) is 25.7 Å². The van der Waals surface area contributed by atoms with Crippen molar-refractivity contribution in [3.8, 4) is 0 Å². The molecule has 0 spiro atoms. The average molecular weight is 226 g/mol. The van der Waals surface area contributed by atoms with Gasteiger partial charge in [0.2, 0.25) is 0 Å². The zero-order chi connectivity index (χ0) is 12.2. The van der Waals surface area contributed by atoms with Crippen molar-refractivity contribution in [3.63, 3.8) is 0 Å². The quantitative estimate of drug-likeness (QED) is 0.793. The second-order valence-electron chi connectivity index (χ2n) is 6.67. The van der Waals surface area contributed by atoms with Crippen molar-refractivity contribution in [1.29, 1.82) is 0 Å². The van der Waals surface area contributed by atoms with Crippen LogP contribution in [0.3, 0.4) is 0 Å². The molecule has 0 atom stereocenters. The molecule has 0 aromatic carbocycles. The van der Waals surface area contributed by atoms with Crippen LogP contribution in [-0.4, -0.2) is 38.1 Å². The van der Waals surface area contributed by atoms with Crippen molar-refractivity contribution in [3.05, 3.63) is 0 Å². The third kappa shape index (κ3) is 4.84. The molecule has 96 valence electrons. The van der Waals surface area contributed by atoms with Gasteiger partial charge in [-0.1, -0.05) is 20.8 Å². The first-order chi connectivity index (χ1) is 7.39. The molecule has 0 aromatic rings. The van der Waals surface area contributed by atoms with Crippen LogP contribution in [0.2, 0.25) is 0 Å². The molecule has 0 aromatic heterocycles. The van der Waals surface area contributed by atoms with E-state index < -0.39 is 0 Å². The van der Waals surface area contributed by atoms with Gasteiger partial charge in [0.25, 0.3) is 0 Å². The highest BCUT2D eigenvalue weighted by atomic mass is 15.1. The van der Waals surface area contributed by atoms with Gasteiger partial charge in [-0.2, -0.15) is 0 Å². The second-order valence-corrected chi connectivity index (χ2v) is 6.67. The molecule has 2 heteroatoms. The van der Waals surface area contributed by atoms with Crippen LogP contribution in [-0.2, 0) is 0 Å². The molecule has 0 radical (unpaired) electrons. The monoisotopic (exact) mass is 226 g/mol. The Kier molecular flexibility index (Phi) is 5.26. The molecule has 1 fully saturated rings.